The lowest BCUT2D eigenvalue weighted by Gasteiger charge is -2.00. The van der Waals surface area contributed by atoms with Crippen LogP contribution in [0.1, 0.15) is 22.3 Å². The first-order chi connectivity index (χ1) is 8.22. The molecule has 0 saturated carbocycles. The number of aromatic nitrogens is 1. The Bertz CT molecular complexity index is 534. The van der Waals surface area contributed by atoms with Gasteiger partial charge in [-0.25, -0.2) is 9.78 Å². The number of benzene rings is 1. The van der Waals surface area contributed by atoms with Gasteiger partial charge in [-0.05, 0) is 19.4 Å². The van der Waals surface area contributed by atoms with Crippen LogP contribution in [0, 0.1) is 6.92 Å². The fourth-order valence-corrected chi connectivity index (χ4v) is 2.25. The summed E-state index contributed by atoms with van der Waals surface area (Å²) in [6.07, 6.45) is 0. The van der Waals surface area contributed by atoms with Gasteiger partial charge in [0.05, 0.1) is 12.3 Å². The van der Waals surface area contributed by atoms with Crippen molar-refractivity contribution in [3.8, 4) is 11.3 Å². The molecule has 3 nitrogen and oxygen atoms in total. The zero-order chi connectivity index (χ0) is 12.3. The molecule has 4 heteroatoms. The van der Waals surface area contributed by atoms with E-state index in [1.165, 1.54) is 11.3 Å². The molecular formula is C13H13NO2S. The van der Waals surface area contributed by atoms with Crippen molar-refractivity contribution in [2.75, 3.05) is 6.61 Å². The van der Waals surface area contributed by atoms with Crippen LogP contribution in [0.3, 0.4) is 0 Å². The van der Waals surface area contributed by atoms with E-state index in [2.05, 4.69) is 4.98 Å². The van der Waals surface area contributed by atoms with Crippen molar-refractivity contribution in [1.29, 1.82) is 0 Å². The van der Waals surface area contributed by atoms with Gasteiger partial charge in [0.1, 0.15) is 0 Å². The number of hydrogen-bond donors (Lipinski definition) is 0. The minimum absolute atomic E-state index is 0.350. The number of rotatable bonds is 3. The van der Waals surface area contributed by atoms with Crippen molar-refractivity contribution in [3.63, 3.8) is 0 Å². The monoisotopic (exact) mass is 247 g/mol. The summed E-state index contributed by atoms with van der Waals surface area (Å²) in [7, 11) is 0. The third-order valence-corrected chi connectivity index (χ3v) is 3.20. The standard InChI is InChI=1S/C13H13NO2S/c1-3-16-13(15)12-14-11(8-17-12)10-7-5-4-6-9(10)2/h4-8H,3H2,1-2H3. The molecular weight excluding hydrogens is 234 g/mol. The molecule has 1 aromatic carbocycles. The average molecular weight is 247 g/mol. The molecule has 0 N–H and O–H groups in total. The quantitative estimate of drug-likeness (QED) is 0.781. The summed E-state index contributed by atoms with van der Waals surface area (Å²) < 4.78 is 4.92. The molecule has 0 radical (unpaired) electrons. The van der Waals surface area contributed by atoms with Crippen LogP contribution >= 0.6 is 11.3 Å². The first-order valence-electron chi connectivity index (χ1n) is 5.41. The summed E-state index contributed by atoms with van der Waals surface area (Å²) in [6.45, 7) is 4.19. The van der Waals surface area contributed by atoms with E-state index in [4.69, 9.17) is 4.74 Å². The number of nitrogens with zero attached hydrogens (tertiary/aromatic N) is 1. The van der Waals surface area contributed by atoms with Gasteiger partial charge in [-0.2, -0.15) is 0 Å². The van der Waals surface area contributed by atoms with Gasteiger partial charge in [-0.3, -0.25) is 0 Å². The number of ether oxygens (including phenoxy) is 1. The SMILES string of the molecule is CCOC(=O)c1nc(-c2ccccc2C)cs1. The van der Waals surface area contributed by atoms with E-state index in [1.54, 1.807) is 6.92 Å². The second-order valence-corrected chi connectivity index (χ2v) is 4.43. The molecule has 0 fully saturated rings. The van der Waals surface area contributed by atoms with Gasteiger partial charge in [-0.15, -0.1) is 11.3 Å². The molecule has 0 aliphatic heterocycles. The van der Waals surface area contributed by atoms with E-state index in [9.17, 15) is 4.79 Å². The third kappa shape index (κ3) is 2.53. The average Bonchev–Trinajstić information content (AvgIpc) is 2.79. The van der Waals surface area contributed by atoms with E-state index in [0.29, 0.717) is 11.6 Å². The topological polar surface area (TPSA) is 39.2 Å². The summed E-state index contributed by atoms with van der Waals surface area (Å²) in [5.74, 6) is -0.350. The van der Waals surface area contributed by atoms with Crippen LogP contribution in [0.4, 0.5) is 0 Å². The Morgan fingerprint density at radius 2 is 2.18 bits per heavy atom. The Hall–Kier alpha value is -1.68. The molecule has 0 atom stereocenters. The van der Waals surface area contributed by atoms with Gasteiger partial charge in [-0.1, -0.05) is 24.3 Å². The number of carbonyl (C=O) groups is 1. The number of carbonyl (C=O) groups excluding carboxylic acids is 1. The summed E-state index contributed by atoms with van der Waals surface area (Å²) in [5.41, 5.74) is 3.03. The number of thiazole rings is 1. The van der Waals surface area contributed by atoms with Gasteiger partial charge in [0.25, 0.3) is 0 Å². The molecule has 0 aliphatic carbocycles. The zero-order valence-electron chi connectivity index (χ0n) is 9.77. The third-order valence-electron chi connectivity index (χ3n) is 2.38. The van der Waals surface area contributed by atoms with E-state index in [1.807, 2.05) is 36.6 Å². The Labute approximate surface area is 104 Å². The van der Waals surface area contributed by atoms with Gasteiger partial charge in [0.15, 0.2) is 0 Å². The molecule has 88 valence electrons. The number of hydrogen-bond acceptors (Lipinski definition) is 4. The Morgan fingerprint density at radius 3 is 2.88 bits per heavy atom. The van der Waals surface area contributed by atoms with Gasteiger partial charge < -0.3 is 4.74 Å². The van der Waals surface area contributed by atoms with Crippen LogP contribution < -0.4 is 0 Å². The minimum Gasteiger partial charge on any atom is -0.461 e. The zero-order valence-corrected chi connectivity index (χ0v) is 10.6. The summed E-state index contributed by atoms with van der Waals surface area (Å²) >= 11 is 1.32. The first-order valence-corrected chi connectivity index (χ1v) is 6.29. The molecule has 1 aromatic heterocycles. The van der Waals surface area contributed by atoms with Crippen molar-refractivity contribution in [2.24, 2.45) is 0 Å². The molecule has 0 amide bonds. The van der Waals surface area contributed by atoms with E-state index < -0.39 is 0 Å². The van der Waals surface area contributed by atoms with Crippen molar-refractivity contribution in [3.05, 3.63) is 40.2 Å². The highest BCUT2D eigenvalue weighted by atomic mass is 32.1. The van der Waals surface area contributed by atoms with Gasteiger partial charge in [0, 0.05) is 10.9 Å². The molecule has 17 heavy (non-hydrogen) atoms. The molecule has 1 heterocycles. The maximum absolute atomic E-state index is 11.5. The molecule has 0 unspecified atom stereocenters. The molecule has 0 saturated heterocycles. The van der Waals surface area contributed by atoms with Gasteiger partial charge >= 0.3 is 5.97 Å². The van der Waals surface area contributed by atoms with Crippen LogP contribution in [0.15, 0.2) is 29.6 Å². The van der Waals surface area contributed by atoms with Gasteiger partial charge in [0.2, 0.25) is 5.01 Å². The van der Waals surface area contributed by atoms with E-state index >= 15 is 0 Å². The lowest BCUT2D eigenvalue weighted by Crippen LogP contribution is -2.03. The maximum atomic E-state index is 11.5. The largest absolute Gasteiger partial charge is 0.461 e. The predicted molar refractivity (Wildman–Crippen MR) is 68.2 cm³/mol. The molecule has 0 bridgehead atoms. The summed E-state index contributed by atoms with van der Waals surface area (Å²) in [4.78, 5) is 15.8. The highest BCUT2D eigenvalue weighted by Gasteiger charge is 2.13. The smallest absolute Gasteiger partial charge is 0.367 e. The molecule has 2 aromatic rings. The second-order valence-electron chi connectivity index (χ2n) is 3.57. The predicted octanol–water partition coefficient (Wildman–Crippen LogP) is 3.30. The Balaban J connectivity index is 2.30. The van der Waals surface area contributed by atoms with Crippen LogP contribution in [-0.4, -0.2) is 17.6 Å². The molecule has 2 rings (SSSR count). The van der Waals surface area contributed by atoms with Crippen LogP contribution in [0.25, 0.3) is 11.3 Å². The lowest BCUT2D eigenvalue weighted by molar-refractivity contribution is 0.0526. The molecule has 0 aliphatic rings. The van der Waals surface area contributed by atoms with Crippen molar-refractivity contribution in [2.45, 2.75) is 13.8 Å². The van der Waals surface area contributed by atoms with Crippen LogP contribution in [0.2, 0.25) is 0 Å². The van der Waals surface area contributed by atoms with Crippen LogP contribution in [-0.2, 0) is 4.74 Å². The first kappa shape index (κ1) is 11.8. The maximum Gasteiger partial charge on any atom is 0.367 e. The highest BCUT2D eigenvalue weighted by Crippen LogP contribution is 2.25. The summed E-state index contributed by atoms with van der Waals surface area (Å²) in [6, 6.07) is 7.97. The second kappa shape index (κ2) is 5.10. The van der Waals surface area contributed by atoms with Crippen LogP contribution in [0.5, 0.6) is 0 Å². The summed E-state index contributed by atoms with van der Waals surface area (Å²) in [5, 5.41) is 2.29. The Morgan fingerprint density at radius 1 is 1.41 bits per heavy atom. The minimum atomic E-state index is -0.350. The lowest BCUT2D eigenvalue weighted by atomic mass is 10.1. The van der Waals surface area contributed by atoms with Crippen molar-refractivity contribution >= 4 is 17.3 Å². The normalized spacial score (nSPS) is 10.2. The highest BCUT2D eigenvalue weighted by molar-refractivity contribution is 7.11. The van der Waals surface area contributed by atoms with E-state index in [-0.39, 0.29) is 5.97 Å². The van der Waals surface area contributed by atoms with Crippen molar-refractivity contribution < 1.29 is 9.53 Å². The van der Waals surface area contributed by atoms with E-state index in [0.717, 1.165) is 16.8 Å². The fraction of sp³-hybridized carbons (Fsp3) is 0.231. The number of aryl methyl sites for hydroxylation is 1. The Kier molecular flexibility index (Phi) is 3.54. The van der Waals surface area contributed by atoms with Crippen molar-refractivity contribution in [1.82, 2.24) is 4.98 Å². The number of esters is 1. The fourth-order valence-electron chi connectivity index (χ4n) is 1.54. The molecule has 0 spiro atoms.